The zero-order valence-electron chi connectivity index (χ0n) is 11.4. The van der Waals surface area contributed by atoms with E-state index in [1.807, 2.05) is 30.5 Å². The molecule has 0 amide bonds. The Morgan fingerprint density at radius 3 is 2.60 bits per heavy atom. The van der Waals surface area contributed by atoms with Crippen molar-refractivity contribution >= 4 is 34.6 Å². The molecule has 0 aliphatic rings. The molecule has 0 aliphatic heterocycles. The third-order valence-corrected chi connectivity index (χ3v) is 4.18. The van der Waals surface area contributed by atoms with Crippen molar-refractivity contribution in [3.05, 3.63) is 51.2 Å². The van der Waals surface area contributed by atoms with Crippen LogP contribution in [0.1, 0.15) is 23.4 Å². The van der Waals surface area contributed by atoms with Crippen molar-refractivity contribution < 1.29 is 9.53 Å². The SMILES string of the molecule is CCOC(=O)C(Nc1ccc(Cl)cc1)c1sccc1C. The Balaban J connectivity index is 2.25. The highest BCUT2D eigenvalue weighted by Gasteiger charge is 2.24. The lowest BCUT2D eigenvalue weighted by atomic mass is 10.1. The number of nitrogens with one attached hydrogen (secondary N) is 1. The van der Waals surface area contributed by atoms with E-state index in [-0.39, 0.29) is 5.97 Å². The summed E-state index contributed by atoms with van der Waals surface area (Å²) in [4.78, 5) is 13.1. The summed E-state index contributed by atoms with van der Waals surface area (Å²) in [6.07, 6.45) is 0. The number of hydrogen-bond acceptors (Lipinski definition) is 4. The fourth-order valence-corrected chi connectivity index (χ4v) is 2.94. The van der Waals surface area contributed by atoms with Crippen LogP contribution in [-0.4, -0.2) is 12.6 Å². The van der Waals surface area contributed by atoms with Crippen LogP contribution in [0.5, 0.6) is 0 Å². The summed E-state index contributed by atoms with van der Waals surface area (Å²) in [6, 6.07) is 8.77. The van der Waals surface area contributed by atoms with E-state index in [1.165, 1.54) is 0 Å². The Bertz CT molecular complexity index is 580. The van der Waals surface area contributed by atoms with Crippen molar-refractivity contribution in [1.82, 2.24) is 0 Å². The quantitative estimate of drug-likeness (QED) is 0.831. The molecule has 106 valence electrons. The normalized spacial score (nSPS) is 11.9. The highest BCUT2D eigenvalue weighted by molar-refractivity contribution is 7.10. The van der Waals surface area contributed by atoms with E-state index in [1.54, 1.807) is 30.4 Å². The largest absolute Gasteiger partial charge is 0.464 e. The maximum atomic E-state index is 12.2. The molecule has 1 atom stereocenters. The van der Waals surface area contributed by atoms with Gasteiger partial charge in [-0.25, -0.2) is 4.79 Å². The number of halogens is 1. The van der Waals surface area contributed by atoms with E-state index in [4.69, 9.17) is 16.3 Å². The van der Waals surface area contributed by atoms with Crippen molar-refractivity contribution in [3.8, 4) is 0 Å². The predicted molar refractivity (Wildman–Crippen MR) is 83.5 cm³/mol. The Labute approximate surface area is 127 Å². The van der Waals surface area contributed by atoms with Gasteiger partial charge in [-0.2, -0.15) is 0 Å². The highest BCUT2D eigenvalue weighted by atomic mass is 35.5. The summed E-state index contributed by atoms with van der Waals surface area (Å²) < 4.78 is 5.16. The van der Waals surface area contributed by atoms with Crippen LogP contribution in [0.25, 0.3) is 0 Å². The van der Waals surface area contributed by atoms with Gasteiger partial charge in [-0.1, -0.05) is 11.6 Å². The molecule has 1 N–H and O–H groups in total. The van der Waals surface area contributed by atoms with Gasteiger partial charge in [-0.3, -0.25) is 0 Å². The number of carbonyl (C=O) groups is 1. The van der Waals surface area contributed by atoms with Gasteiger partial charge in [0.25, 0.3) is 0 Å². The topological polar surface area (TPSA) is 38.3 Å². The number of ether oxygens (including phenoxy) is 1. The van der Waals surface area contributed by atoms with Crippen LogP contribution in [0.3, 0.4) is 0 Å². The van der Waals surface area contributed by atoms with E-state index in [0.717, 1.165) is 16.1 Å². The first-order valence-corrected chi connectivity index (χ1v) is 7.60. The van der Waals surface area contributed by atoms with Gasteiger partial charge in [0.05, 0.1) is 6.61 Å². The molecule has 3 nitrogen and oxygen atoms in total. The molecule has 0 aliphatic carbocycles. The molecule has 1 aromatic heterocycles. The van der Waals surface area contributed by atoms with Crippen molar-refractivity contribution in [1.29, 1.82) is 0 Å². The van der Waals surface area contributed by atoms with Gasteiger partial charge in [0.2, 0.25) is 0 Å². The van der Waals surface area contributed by atoms with Gasteiger partial charge in [-0.05, 0) is 55.1 Å². The van der Waals surface area contributed by atoms with Crippen LogP contribution in [0, 0.1) is 6.92 Å². The van der Waals surface area contributed by atoms with Crippen molar-refractivity contribution in [2.45, 2.75) is 19.9 Å². The van der Waals surface area contributed by atoms with Crippen LogP contribution in [0.2, 0.25) is 5.02 Å². The molecule has 0 fully saturated rings. The smallest absolute Gasteiger partial charge is 0.334 e. The highest BCUT2D eigenvalue weighted by Crippen LogP contribution is 2.28. The second kappa shape index (κ2) is 6.77. The Morgan fingerprint density at radius 1 is 1.35 bits per heavy atom. The first-order chi connectivity index (χ1) is 9.61. The van der Waals surface area contributed by atoms with Crippen molar-refractivity contribution in [3.63, 3.8) is 0 Å². The second-order valence-electron chi connectivity index (χ2n) is 4.30. The van der Waals surface area contributed by atoms with Gasteiger partial charge in [0.1, 0.15) is 0 Å². The van der Waals surface area contributed by atoms with E-state index >= 15 is 0 Å². The van der Waals surface area contributed by atoms with Gasteiger partial charge >= 0.3 is 5.97 Å². The molecule has 0 saturated carbocycles. The molecule has 0 saturated heterocycles. The van der Waals surface area contributed by atoms with Crippen molar-refractivity contribution in [2.75, 3.05) is 11.9 Å². The van der Waals surface area contributed by atoms with E-state index in [2.05, 4.69) is 5.32 Å². The van der Waals surface area contributed by atoms with Gasteiger partial charge in [0, 0.05) is 15.6 Å². The molecule has 2 rings (SSSR count). The zero-order chi connectivity index (χ0) is 14.5. The summed E-state index contributed by atoms with van der Waals surface area (Å²) >= 11 is 7.41. The second-order valence-corrected chi connectivity index (χ2v) is 5.69. The summed E-state index contributed by atoms with van der Waals surface area (Å²) in [5, 5.41) is 5.85. The molecule has 0 bridgehead atoms. The summed E-state index contributed by atoms with van der Waals surface area (Å²) in [6.45, 7) is 4.15. The van der Waals surface area contributed by atoms with Crippen LogP contribution >= 0.6 is 22.9 Å². The fraction of sp³-hybridized carbons (Fsp3) is 0.267. The number of hydrogen-bond donors (Lipinski definition) is 1. The van der Waals surface area contributed by atoms with Gasteiger partial charge in [-0.15, -0.1) is 11.3 Å². The van der Waals surface area contributed by atoms with Crippen LogP contribution in [-0.2, 0) is 9.53 Å². The number of thiophene rings is 1. The molecule has 0 spiro atoms. The number of esters is 1. The van der Waals surface area contributed by atoms with E-state index in [0.29, 0.717) is 11.6 Å². The Hall–Kier alpha value is -1.52. The molecule has 20 heavy (non-hydrogen) atoms. The molecule has 0 radical (unpaired) electrons. The molecule has 1 aromatic carbocycles. The number of aryl methyl sites for hydroxylation is 1. The molecule has 1 unspecified atom stereocenters. The molecule has 5 heteroatoms. The van der Waals surface area contributed by atoms with Crippen LogP contribution in [0.4, 0.5) is 5.69 Å². The lowest BCUT2D eigenvalue weighted by molar-refractivity contribution is -0.144. The van der Waals surface area contributed by atoms with Gasteiger partial charge in [0.15, 0.2) is 6.04 Å². The van der Waals surface area contributed by atoms with Crippen LogP contribution < -0.4 is 5.32 Å². The predicted octanol–water partition coefficient (Wildman–Crippen LogP) is 4.43. The monoisotopic (exact) mass is 309 g/mol. The number of carbonyl (C=O) groups excluding carboxylic acids is 1. The molecule has 1 heterocycles. The molecular formula is C15H16ClNO2S. The average Bonchev–Trinajstić information content (AvgIpc) is 2.84. The number of rotatable bonds is 5. The van der Waals surface area contributed by atoms with E-state index in [9.17, 15) is 4.79 Å². The van der Waals surface area contributed by atoms with Crippen molar-refractivity contribution in [2.24, 2.45) is 0 Å². The Morgan fingerprint density at radius 2 is 2.05 bits per heavy atom. The minimum absolute atomic E-state index is 0.270. The summed E-state index contributed by atoms with van der Waals surface area (Å²) in [7, 11) is 0. The first-order valence-electron chi connectivity index (χ1n) is 6.34. The zero-order valence-corrected chi connectivity index (χ0v) is 12.9. The standard InChI is InChI=1S/C15H16ClNO2S/c1-3-19-15(18)13(14-10(2)8-9-20-14)17-12-6-4-11(16)5-7-12/h4-9,13,17H,3H2,1-2H3. The van der Waals surface area contributed by atoms with E-state index < -0.39 is 6.04 Å². The lowest BCUT2D eigenvalue weighted by Crippen LogP contribution is -2.23. The minimum Gasteiger partial charge on any atom is -0.464 e. The maximum Gasteiger partial charge on any atom is 0.334 e. The third kappa shape index (κ3) is 3.52. The van der Waals surface area contributed by atoms with Crippen LogP contribution in [0.15, 0.2) is 35.7 Å². The molecular weight excluding hydrogens is 294 g/mol. The third-order valence-electron chi connectivity index (χ3n) is 2.84. The number of benzene rings is 1. The fourth-order valence-electron chi connectivity index (χ4n) is 1.85. The lowest BCUT2D eigenvalue weighted by Gasteiger charge is -2.18. The summed E-state index contributed by atoms with van der Waals surface area (Å²) in [5.74, 6) is -0.270. The Kier molecular flexibility index (Phi) is 5.04. The van der Waals surface area contributed by atoms with Gasteiger partial charge < -0.3 is 10.1 Å². The number of anilines is 1. The average molecular weight is 310 g/mol. The first kappa shape index (κ1) is 14.9. The summed E-state index contributed by atoms with van der Waals surface area (Å²) in [5.41, 5.74) is 1.91. The maximum absolute atomic E-state index is 12.2. The molecule has 2 aromatic rings. The minimum atomic E-state index is -0.490.